The molecule has 17 heavy (non-hydrogen) atoms. The van der Waals surface area contributed by atoms with Gasteiger partial charge in [0.1, 0.15) is 0 Å². The summed E-state index contributed by atoms with van der Waals surface area (Å²) < 4.78 is 0. The van der Waals surface area contributed by atoms with Gasteiger partial charge in [-0.2, -0.15) is 0 Å². The Balaban J connectivity index is 2.26. The predicted octanol–water partition coefficient (Wildman–Crippen LogP) is 4.28. The molecule has 0 aliphatic rings. The van der Waals surface area contributed by atoms with E-state index in [1.54, 1.807) is 4.99 Å². The van der Waals surface area contributed by atoms with Crippen LogP contribution in [0.1, 0.15) is 21.5 Å². The van der Waals surface area contributed by atoms with Crippen LogP contribution in [0, 0.1) is 0 Å². The van der Waals surface area contributed by atoms with E-state index in [9.17, 15) is 4.79 Å². The van der Waals surface area contributed by atoms with E-state index in [4.69, 9.17) is 0 Å². The minimum Gasteiger partial charge on any atom is -0.289 e. The molecule has 84 valence electrons. The van der Waals surface area contributed by atoms with Crippen molar-refractivity contribution < 1.29 is 4.79 Å². The van der Waals surface area contributed by atoms with Crippen molar-refractivity contribution in [3.05, 3.63) is 76.3 Å². The summed E-state index contributed by atoms with van der Waals surface area (Å²) in [4.78, 5) is 13.9. The van der Waals surface area contributed by atoms with Crippen LogP contribution in [0.5, 0.6) is 0 Å². The summed E-state index contributed by atoms with van der Waals surface area (Å²) in [7, 11) is 0. The van der Waals surface area contributed by atoms with Gasteiger partial charge in [0.15, 0.2) is 5.78 Å². The molecule has 0 fully saturated rings. The normalized spacial score (nSPS) is 10.6. The van der Waals surface area contributed by atoms with Gasteiger partial charge in [-0.15, -0.1) is 0 Å². The van der Waals surface area contributed by atoms with Gasteiger partial charge < -0.3 is 0 Å². The second-order valence-corrected chi connectivity index (χ2v) is 4.14. The zero-order valence-corrected chi connectivity index (χ0v) is 10.7. The van der Waals surface area contributed by atoms with E-state index in [1.165, 1.54) is 0 Å². The number of benzene rings is 2. The second kappa shape index (κ2) is 5.60. The fraction of sp³-hybridized carbons (Fsp3) is 0. The first-order valence-electron chi connectivity index (χ1n) is 5.28. The quantitative estimate of drug-likeness (QED) is 0.770. The van der Waals surface area contributed by atoms with E-state index < -0.39 is 0 Å². The van der Waals surface area contributed by atoms with Crippen LogP contribution < -0.4 is 0 Å². The Morgan fingerprint density at radius 1 is 0.882 bits per heavy atom. The molecule has 0 aliphatic heterocycles. The van der Waals surface area contributed by atoms with Gasteiger partial charge in [-0.3, -0.25) is 4.79 Å². The minimum absolute atomic E-state index is 0.0555. The van der Waals surface area contributed by atoms with Gasteiger partial charge in [-0.25, -0.2) is 0 Å². The van der Waals surface area contributed by atoms with Gasteiger partial charge in [-0.05, 0) is 16.6 Å². The Morgan fingerprint density at radius 3 is 2.06 bits per heavy atom. The van der Waals surface area contributed by atoms with E-state index in [1.807, 2.05) is 60.7 Å². The van der Waals surface area contributed by atoms with Crippen molar-refractivity contribution in [2.75, 3.05) is 0 Å². The number of carbonyl (C=O) groups is 1. The molecular formula is C15H11BrO. The topological polar surface area (TPSA) is 17.1 Å². The van der Waals surface area contributed by atoms with Crippen molar-refractivity contribution in [1.82, 2.24) is 0 Å². The van der Waals surface area contributed by atoms with Crippen molar-refractivity contribution in [2.45, 2.75) is 0 Å². The zero-order valence-electron chi connectivity index (χ0n) is 9.14. The first-order chi connectivity index (χ1) is 8.31. The molecule has 2 heteroatoms. The third-order valence-electron chi connectivity index (χ3n) is 2.46. The van der Waals surface area contributed by atoms with Crippen LogP contribution in [0.25, 0.3) is 6.08 Å². The maximum absolute atomic E-state index is 12.1. The summed E-state index contributed by atoms with van der Waals surface area (Å²) >= 11 is 3.22. The summed E-state index contributed by atoms with van der Waals surface area (Å²) in [6.07, 6.45) is 1.93. The number of carbonyl (C=O) groups excluding carboxylic acids is 1. The summed E-state index contributed by atoms with van der Waals surface area (Å²) in [6, 6.07) is 16.8. The molecule has 2 aromatic rings. The predicted molar refractivity (Wildman–Crippen MR) is 74.3 cm³/mol. The Labute approximate surface area is 109 Å². The molecule has 0 saturated heterocycles. The fourth-order valence-corrected chi connectivity index (χ4v) is 1.88. The van der Waals surface area contributed by atoms with Gasteiger partial charge in [-0.1, -0.05) is 70.5 Å². The minimum atomic E-state index is 0.0555. The first kappa shape index (κ1) is 11.8. The van der Waals surface area contributed by atoms with E-state index in [-0.39, 0.29) is 5.78 Å². The van der Waals surface area contributed by atoms with Crippen molar-refractivity contribution in [3.8, 4) is 0 Å². The highest BCUT2D eigenvalue weighted by atomic mass is 79.9. The SMILES string of the molecule is O=C(c1ccccc1)c1ccc(/C=C\Br)cc1. The number of ketones is 1. The molecule has 0 aromatic heterocycles. The Hall–Kier alpha value is -1.67. The van der Waals surface area contributed by atoms with Gasteiger partial charge >= 0.3 is 0 Å². The molecule has 0 unspecified atom stereocenters. The molecule has 0 bridgehead atoms. The lowest BCUT2D eigenvalue weighted by Gasteiger charge is -2.01. The van der Waals surface area contributed by atoms with Crippen LogP contribution in [-0.2, 0) is 0 Å². The average Bonchev–Trinajstić information content (AvgIpc) is 2.40. The van der Waals surface area contributed by atoms with Gasteiger partial charge in [0.2, 0.25) is 0 Å². The lowest BCUT2D eigenvalue weighted by Crippen LogP contribution is -2.00. The summed E-state index contributed by atoms with van der Waals surface area (Å²) in [5.41, 5.74) is 2.49. The molecule has 0 aliphatic carbocycles. The molecule has 0 atom stereocenters. The third kappa shape index (κ3) is 2.92. The maximum Gasteiger partial charge on any atom is 0.193 e. The largest absolute Gasteiger partial charge is 0.289 e. The molecular weight excluding hydrogens is 276 g/mol. The molecule has 0 amide bonds. The van der Waals surface area contributed by atoms with Crippen LogP contribution in [0.2, 0.25) is 0 Å². The molecule has 2 aromatic carbocycles. The standard InChI is InChI=1S/C15H11BrO/c16-11-10-12-6-8-14(9-7-12)15(17)13-4-2-1-3-5-13/h1-11H/b11-10-. The number of halogens is 1. The van der Waals surface area contributed by atoms with E-state index >= 15 is 0 Å². The van der Waals surface area contributed by atoms with Gasteiger partial charge in [0, 0.05) is 11.1 Å². The van der Waals surface area contributed by atoms with Crippen LogP contribution in [0.15, 0.2) is 59.6 Å². The summed E-state index contributed by atoms with van der Waals surface area (Å²) in [5.74, 6) is 0.0555. The second-order valence-electron chi connectivity index (χ2n) is 3.61. The Bertz CT molecular complexity index is 527. The van der Waals surface area contributed by atoms with E-state index in [2.05, 4.69) is 15.9 Å². The molecule has 1 nitrogen and oxygen atoms in total. The average molecular weight is 287 g/mol. The Morgan fingerprint density at radius 2 is 1.47 bits per heavy atom. The third-order valence-corrected chi connectivity index (χ3v) is 2.73. The van der Waals surface area contributed by atoms with Crippen LogP contribution >= 0.6 is 15.9 Å². The van der Waals surface area contributed by atoms with Crippen LogP contribution in [0.4, 0.5) is 0 Å². The van der Waals surface area contributed by atoms with Crippen LogP contribution in [0.3, 0.4) is 0 Å². The molecule has 0 heterocycles. The highest BCUT2D eigenvalue weighted by molar-refractivity contribution is 9.11. The van der Waals surface area contributed by atoms with Crippen LogP contribution in [-0.4, -0.2) is 5.78 Å². The summed E-state index contributed by atoms with van der Waals surface area (Å²) in [5, 5.41) is 0. The van der Waals surface area contributed by atoms with Crippen molar-refractivity contribution in [1.29, 1.82) is 0 Å². The first-order valence-corrected chi connectivity index (χ1v) is 6.19. The molecule has 2 rings (SSSR count). The van der Waals surface area contributed by atoms with Crippen molar-refractivity contribution >= 4 is 27.8 Å². The monoisotopic (exact) mass is 286 g/mol. The van der Waals surface area contributed by atoms with Crippen molar-refractivity contribution in [3.63, 3.8) is 0 Å². The molecule has 0 N–H and O–H groups in total. The Kier molecular flexibility index (Phi) is 3.89. The highest BCUT2D eigenvalue weighted by Crippen LogP contribution is 2.12. The maximum atomic E-state index is 12.1. The van der Waals surface area contributed by atoms with Gasteiger partial charge in [0.05, 0.1) is 0 Å². The van der Waals surface area contributed by atoms with E-state index in [0.29, 0.717) is 5.56 Å². The smallest absolute Gasteiger partial charge is 0.193 e. The molecule has 0 saturated carbocycles. The summed E-state index contributed by atoms with van der Waals surface area (Å²) in [6.45, 7) is 0. The molecule has 0 spiro atoms. The lowest BCUT2D eigenvalue weighted by atomic mass is 10.0. The number of hydrogen-bond acceptors (Lipinski definition) is 1. The molecule has 0 radical (unpaired) electrons. The number of rotatable bonds is 3. The zero-order chi connectivity index (χ0) is 12.1. The van der Waals surface area contributed by atoms with E-state index in [0.717, 1.165) is 11.1 Å². The fourth-order valence-electron chi connectivity index (χ4n) is 1.57. The van der Waals surface area contributed by atoms with Gasteiger partial charge in [0.25, 0.3) is 0 Å². The highest BCUT2D eigenvalue weighted by Gasteiger charge is 2.07. The number of hydrogen-bond donors (Lipinski definition) is 0. The van der Waals surface area contributed by atoms with Crippen molar-refractivity contribution in [2.24, 2.45) is 0 Å². The lowest BCUT2D eigenvalue weighted by molar-refractivity contribution is 0.103.